The van der Waals surface area contributed by atoms with E-state index in [0.29, 0.717) is 30.5 Å². The van der Waals surface area contributed by atoms with E-state index in [2.05, 4.69) is 15.5 Å². The minimum absolute atomic E-state index is 0.0239. The lowest BCUT2D eigenvalue weighted by atomic mass is 10.2. The third-order valence-corrected chi connectivity index (χ3v) is 3.00. The van der Waals surface area contributed by atoms with Gasteiger partial charge in [0.1, 0.15) is 0 Å². The topological polar surface area (TPSA) is 103 Å². The Morgan fingerprint density at radius 2 is 2.15 bits per heavy atom. The molecule has 3 rings (SSSR count). The van der Waals surface area contributed by atoms with Crippen molar-refractivity contribution in [3.05, 3.63) is 40.2 Å². The van der Waals surface area contributed by atoms with Crippen molar-refractivity contribution < 1.29 is 14.2 Å². The molecule has 0 bridgehead atoms. The second-order valence-electron chi connectivity index (χ2n) is 4.34. The zero-order valence-electron chi connectivity index (χ0n) is 10.5. The van der Waals surface area contributed by atoms with Gasteiger partial charge in [-0.3, -0.25) is 10.1 Å². The van der Waals surface area contributed by atoms with E-state index in [-0.39, 0.29) is 11.7 Å². The normalized spacial score (nSPS) is 18.9. The predicted molar refractivity (Wildman–Crippen MR) is 68.0 cm³/mol. The van der Waals surface area contributed by atoms with Crippen molar-refractivity contribution in [1.29, 1.82) is 0 Å². The Hall–Kier alpha value is -2.32. The molecule has 104 valence electrons. The van der Waals surface area contributed by atoms with Crippen LogP contribution >= 0.6 is 0 Å². The number of morpholine rings is 1. The summed E-state index contributed by atoms with van der Waals surface area (Å²) >= 11 is 0. The van der Waals surface area contributed by atoms with Crippen LogP contribution in [0, 0.1) is 10.1 Å². The summed E-state index contributed by atoms with van der Waals surface area (Å²) in [5.74, 6) is 0.861. The van der Waals surface area contributed by atoms with Gasteiger partial charge in [0.25, 0.3) is 11.6 Å². The van der Waals surface area contributed by atoms with Crippen LogP contribution in [0.15, 0.2) is 28.8 Å². The van der Waals surface area contributed by atoms with E-state index in [9.17, 15) is 10.1 Å². The van der Waals surface area contributed by atoms with Crippen LogP contribution in [-0.4, -0.2) is 34.8 Å². The summed E-state index contributed by atoms with van der Waals surface area (Å²) in [5, 5.41) is 17.7. The van der Waals surface area contributed by atoms with Crippen molar-refractivity contribution in [2.75, 3.05) is 19.8 Å². The maximum atomic E-state index is 10.6. The molecule has 2 aromatic rings. The molecule has 1 aliphatic heterocycles. The lowest BCUT2D eigenvalue weighted by Gasteiger charge is -2.20. The lowest BCUT2D eigenvalue weighted by molar-refractivity contribution is -0.384. The lowest BCUT2D eigenvalue weighted by Crippen LogP contribution is -2.35. The van der Waals surface area contributed by atoms with E-state index >= 15 is 0 Å². The molecule has 2 heterocycles. The number of non-ortho nitro benzene ring substituents is 1. The van der Waals surface area contributed by atoms with E-state index in [1.807, 2.05) is 0 Å². The number of hydrogen-bond acceptors (Lipinski definition) is 7. The number of aromatic nitrogens is 2. The second kappa shape index (κ2) is 5.35. The Kier molecular flexibility index (Phi) is 3.40. The van der Waals surface area contributed by atoms with Crippen molar-refractivity contribution in [2.24, 2.45) is 0 Å². The van der Waals surface area contributed by atoms with Gasteiger partial charge < -0.3 is 14.6 Å². The third kappa shape index (κ3) is 2.51. The molecule has 20 heavy (non-hydrogen) atoms. The number of ether oxygens (including phenoxy) is 1. The molecule has 8 heteroatoms. The number of rotatable bonds is 3. The van der Waals surface area contributed by atoms with Gasteiger partial charge in [-0.1, -0.05) is 5.16 Å². The summed E-state index contributed by atoms with van der Waals surface area (Å²) in [7, 11) is 0. The van der Waals surface area contributed by atoms with Gasteiger partial charge in [0, 0.05) is 24.2 Å². The van der Waals surface area contributed by atoms with Gasteiger partial charge in [-0.25, -0.2) is 0 Å². The molecule has 0 amide bonds. The fourth-order valence-electron chi connectivity index (χ4n) is 1.95. The van der Waals surface area contributed by atoms with Crippen LogP contribution in [0.1, 0.15) is 11.9 Å². The zero-order chi connectivity index (χ0) is 13.9. The first kappa shape index (κ1) is 12.7. The summed E-state index contributed by atoms with van der Waals surface area (Å²) < 4.78 is 10.5. The monoisotopic (exact) mass is 276 g/mol. The van der Waals surface area contributed by atoms with E-state index in [0.717, 1.165) is 6.54 Å². The van der Waals surface area contributed by atoms with Crippen LogP contribution < -0.4 is 5.32 Å². The molecule has 8 nitrogen and oxygen atoms in total. The van der Waals surface area contributed by atoms with Gasteiger partial charge in [0.05, 0.1) is 24.2 Å². The minimum atomic E-state index is -0.452. The number of hydrogen-bond donors (Lipinski definition) is 1. The highest BCUT2D eigenvalue weighted by Gasteiger charge is 2.21. The number of benzene rings is 1. The van der Waals surface area contributed by atoms with E-state index in [1.54, 1.807) is 12.1 Å². The van der Waals surface area contributed by atoms with Crippen molar-refractivity contribution >= 4 is 5.69 Å². The number of nitro benzene ring substituents is 1. The average Bonchev–Trinajstić information content (AvgIpc) is 2.98. The largest absolute Gasteiger partial charge is 0.378 e. The molecule has 1 saturated heterocycles. The highest BCUT2D eigenvalue weighted by Crippen LogP contribution is 2.22. The quantitative estimate of drug-likeness (QED) is 0.665. The molecular formula is C12H12N4O4. The van der Waals surface area contributed by atoms with Crippen LogP contribution in [0.3, 0.4) is 0 Å². The van der Waals surface area contributed by atoms with Gasteiger partial charge in [0.15, 0.2) is 5.82 Å². The standard InChI is InChI=1S/C12H12N4O4/c17-16(18)9-3-1-8(2-4-9)12-14-11(15-20-12)10-7-19-6-5-13-10/h1-4,10,13H,5-7H2. The van der Waals surface area contributed by atoms with E-state index in [4.69, 9.17) is 9.26 Å². The zero-order valence-corrected chi connectivity index (χ0v) is 10.5. The highest BCUT2D eigenvalue weighted by molar-refractivity contribution is 5.55. The van der Waals surface area contributed by atoms with Crippen molar-refractivity contribution in [3.63, 3.8) is 0 Å². The minimum Gasteiger partial charge on any atom is -0.378 e. The summed E-state index contributed by atoms with van der Waals surface area (Å²) in [6, 6.07) is 5.89. The van der Waals surface area contributed by atoms with Crippen molar-refractivity contribution in [1.82, 2.24) is 15.5 Å². The molecule has 1 aromatic heterocycles. The second-order valence-corrected chi connectivity index (χ2v) is 4.34. The smallest absolute Gasteiger partial charge is 0.269 e. The molecule has 1 N–H and O–H groups in total. The van der Waals surface area contributed by atoms with Gasteiger partial charge in [0.2, 0.25) is 0 Å². The average molecular weight is 276 g/mol. The summed E-state index contributed by atoms with van der Waals surface area (Å²) in [5.41, 5.74) is 0.668. The van der Waals surface area contributed by atoms with E-state index < -0.39 is 4.92 Å². The molecule has 1 atom stereocenters. The summed E-state index contributed by atoms with van der Waals surface area (Å²) in [6.45, 7) is 1.91. The van der Waals surface area contributed by atoms with Gasteiger partial charge in [-0.15, -0.1) is 0 Å². The van der Waals surface area contributed by atoms with Crippen LogP contribution in [0.4, 0.5) is 5.69 Å². The van der Waals surface area contributed by atoms with Gasteiger partial charge in [-0.05, 0) is 12.1 Å². The first-order valence-corrected chi connectivity index (χ1v) is 6.13. The third-order valence-electron chi connectivity index (χ3n) is 3.00. The maximum absolute atomic E-state index is 10.6. The molecule has 1 unspecified atom stereocenters. The molecule has 0 spiro atoms. The van der Waals surface area contributed by atoms with Crippen molar-refractivity contribution in [3.8, 4) is 11.5 Å². The number of nitrogens with zero attached hydrogens (tertiary/aromatic N) is 3. The predicted octanol–water partition coefficient (Wildman–Crippen LogP) is 1.31. The van der Waals surface area contributed by atoms with Gasteiger partial charge >= 0.3 is 0 Å². The van der Waals surface area contributed by atoms with Crippen LogP contribution in [-0.2, 0) is 4.74 Å². The van der Waals surface area contributed by atoms with Crippen LogP contribution in [0.25, 0.3) is 11.5 Å². The Bertz CT molecular complexity index is 604. The number of nitro groups is 1. The molecule has 0 saturated carbocycles. The Morgan fingerprint density at radius 3 is 2.80 bits per heavy atom. The van der Waals surface area contributed by atoms with Crippen LogP contribution in [0.5, 0.6) is 0 Å². The highest BCUT2D eigenvalue weighted by atomic mass is 16.6. The molecule has 0 aliphatic carbocycles. The maximum Gasteiger partial charge on any atom is 0.269 e. The molecule has 0 radical (unpaired) electrons. The first-order valence-electron chi connectivity index (χ1n) is 6.13. The molecular weight excluding hydrogens is 264 g/mol. The Labute approximate surface area is 113 Å². The Morgan fingerprint density at radius 1 is 1.35 bits per heavy atom. The molecule has 1 aliphatic rings. The fraction of sp³-hybridized carbons (Fsp3) is 0.333. The van der Waals surface area contributed by atoms with E-state index in [1.165, 1.54) is 12.1 Å². The van der Waals surface area contributed by atoms with Crippen LogP contribution in [0.2, 0.25) is 0 Å². The molecule has 1 fully saturated rings. The summed E-state index contributed by atoms with van der Waals surface area (Å²) in [4.78, 5) is 14.4. The van der Waals surface area contributed by atoms with Gasteiger partial charge in [-0.2, -0.15) is 4.98 Å². The summed E-state index contributed by atoms with van der Waals surface area (Å²) in [6.07, 6.45) is 0. The SMILES string of the molecule is O=[N+]([O-])c1ccc(-c2nc(C3COCCN3)no2)cc1. The fourth-order valence-corrected chi connectivity index (χ4v) is 1.95. The Balaban J connectivity index is 1.80. The van der Waals surface area contributed by atoms with Crippen molar-refractivity contribution in [2.45, 2.75) is 6.04 Å². The first-order chi connectivity index (χ1) is 9.74. The molecule has 1 aromatic carbocycles. The number of nitrogens with one attached hydrogen (secondary N) is 1.